The summed E-state index contributed by atoms with van der Waals surface area (Å²) in [5.41, 5.74) is 1.13. The van der Waals surface area contributed by atoms with Gasteiger partial charge in [-0.25, -0.2) is 0 Å². The molecule has 1 rings (SSSR count). The van der Waals surface area contributed by atoms with Crippen molar-refractivity contribution in [3.05, 3.63) is 29.8 Å². The molecular weight excluding hydrogens is 242 g/mol. The van der Waals surface area contributed by atoms with Crippen LogP contribution in [0.5, 0.6) is 5.75 Å². The number of benzene rings is 1. The van der Waals surface area contributed by atoms with Crippen molar-refractivity contribution >= 4 is 0 Å². The van der Waals surface area contributed by atoms with Crippen LogP contribution in [0.25, 0.3) is 0 Å². The second-order valence-corrected chi connectivity index (χ2v) is 5.18. The van der Waals surface area contributed by atoms with Gasteiger partial charge in [0.2, 0.25) is 0 Å². The Hall–Kier alpha value is -1.10. The lowest BCUT2D eigenvalue weighted by Gasteiger charge is -2.18. The van der Waals surface area contributed by atoms with Gasteiger partial charge in [0.25, 0.3) is 0 Å². The fourth-order valence-electron chi connectivity index (χ4n) is 1.89. The van der Waals surface area contributed by atoms with Crippen molar-refractivity contribution in [3.8, 4) is 5.75 Å². The van der Waals surface area contributed by atoms with E-state index in [1.165, 1.54) is 0 Å². The minimum absolute atomic E-state index is 0.175. The van der Waals surface area contributed by atoms with E-state index in [1.807, 2.05) is 38.1 Å². The topological polar surface area (TPSA) is 61.7 Å². The number of hydrogen-bond acceptors (Lipinski definition) is 4. The Morgan fingerprint density at radius 1 is 1.26 bits per heavy atom. The minimum atomic E-state index is -0.558. The minimum Gasteiger partial charge on any atom is -0.491 e. The van der Waals surface area contributed by atoms with E-state index in [9.17, 15) is 10.2 Å². The van der Waals surface area contributed by atoms with E-state index < -0.39 is 6.10 Å². The summed E-state index contributed by atoms with van der Waals surface area (Å²) < 4.78 is 5.52. The Balaban J connectivity index is 2.22. The normalized spacial score (nSPS) is 15.8. The standard InChI is InChI=1S/C15H25NO3/c1-11-5-4-6-15(7-11)19-10-14(18)9-16-12(2)8-13(3)17/h4-7,12-14,16-18H,8-10H2,1-3H3. The highest BCUT2D eigenvalue weighted by molar-refractivity contribution is 5.27. The first-order chi connectivity index (χ1) is 8.97. The predicted molar refractivity (Wildman–Crippen MR) is 76.4 cm³/mol. The number of aryl methyl sites for hydroxylation is 1. The van der Waals surface area contributed by atoms with Crippen LogP contribution in [0.3, 0.4) is 0 Å². The zero-order valence-corrected chi connectivity index (χ0v) is 12.0. The lowest BCUT2D eigenvalue weighted by molar-refractivity contribution is 0.100. The molecule has 1 aromatic carbocycles. The van der Waals surface area contributed by atoms with Crippen LogP contribution in [0.4, 0.5) is 0 Å². The van der Waals surface area contributed by atoms with Crippen LogP contribution < -0.4 is 10.1 Å². The van der Waals surface area contributed by atoms with Crippen molar-refractivity contribution in [2.45, 2.75) is 45.4 Å². The highest BCUT2D eigenvalue weighted by atomic mass is 16.5. The summed E-state index contributed by atoms with van der Waals surface area (Å²) in [5.74, 6) is 0.774. The largest absolute Gasteiger partial charge is 0.491 e. The van der Waals surface area contributed by atoms with Crippen molar-refractivity contribution in [3.63, 3.8) is 0 Å². The summed E-state index contributed by atoms with van der Waals surface area (Å²) in [5, 5.41) is 22.2. The quantitative estimate of drug-likeness (QED) is 0.668. The summed E-state index contributed by atoms with van der Waals surface area (Å²) in [7, 11) is 0. The van der Waals surface area contributed by atoms with Gasteiger partial charge in [-0.2, -0.15) is 0 Å². The molecule has 19 heavy (non-hydrogen) atoms. The smallest absolute Gasteiger partial charge is 0.119 e. The number of aliphatic hydroxyl groups is 2. The zero-order valence-electron chi connectivity index (χ0n) is 12.0. The molecule has 0 aliphatic heterocycles. The lowest BCUT2D eigenvalue weighted by atomic mass is 10.1. The van der Waals surface area contributed by atoms with Crippen molar-refractivity contribution in [1.82, 2.24) is 5.32 Å². The van der Waals surface area contributed by atoms with Gasteiger partial charge in [0, 0.05) is 12.6 Å². The van der Waals surface area contributed by atoms with E-state index in [2.05, 4.69) is 5.32 Å². The van der Waals surface area contributed by atoms with Crippen LogP contribution in [0.15, 0.2) is 24.3 Å². The summed E-state index contributed by atoms with van der Waals surface area (Å²) in [4.78, 5) is 0. The Morgan fingerprint density at radius 3 is 2.63 bits per heavy atom. The molecule has 0 aliphatic rings. The van der Waals surface area contributed by atoms with E-state index in [-0.39, 0.29) is 18.8 Å². The summed E-state index contributed by atoms with van der Waals surface area (Å²) in [6.45, 7) is 6.47. The number of hydrogen-bond donors (Lipinski definition) is 3. The highest BCUT2D eigenvalue weighted by Crippen LogP contribution is 2.12. The third kappa shape index (κ3) is 7.15. The summed E-state index contributed by atoms with van der Waals surface area (Å²) >= 11 is 0. The maximum absolute atomic E-state index is 9.81. The van der Waals surface area contributed by atoms with Crippen LogP contribution in [-0.4, -0.2) is 41.6 Å². The molecular formula is C15H25NO3. The molecule has 0 aliphatic carbocycles. The van der Waals surface area contributed by atoms with Crippen LogP contribution in [-0.2, 0) is 0 Å². The Morgan fingerprint density at radius 2 is 2.00 bits per heavy atom. The van der Waals surface area contributed by atoms with Gasteiger partial charge in [-0.1, -0.05) is 12.1 Å². The average molecular weight is 267 g/mol. The zero-order chi connectivity index (χ0) is 14.3. The second-order valence-electron chi connectivity index (χ2n) is 5.18. The Kier molecular flexibility index (Phi) is 6.84. The van der Waals surface area contributed by atoms with E-state index in [4.69, 9.17) is 4.74 Å². The number of nitrogens with one attached hydrogen (secondary N) is 1. The molecule has 0 radical (unpaired) electrons. The maximum atomic E-state index is 9.81. The molecule has 0 saturated heterocycles. The molecule has 108 valence electrons. The molecule has 4 heteroatoms. The van der Waals surface area contributed by atoms with Gasteiger partial charge in [-0.05, 0) is 44.9 Å². The van der Waals surface area contributed by atoms with Crippen LogP contribution in [0, 0.1) is 6.92 Å². The first-order valence-corrected chi connectivity index (χ1v) is 6.76. The highest BCUT2D eigenvalue weighted by Gasteiger charge is 2.09. The third-order valence-corrected chi connectivity index (χ3v) is 2.83. The van der Waals surface area contributed by atoms with Gasteiger partial charge < -0.3 is 20.3 Å². The van der Waals surface area contributed by atoms with Gasteiger partial charge in [0.15, 0.2) is 0 Å². The van der Waals surface area contributed by atoms with Gasteiger partial charge in [0.05, 0.1) is 6.10 Å². The first kappa shape index (κ1) is 16.0. The maximum Gasteiger partial charge on any atom is 0.119 e. The molecule has 0 saturated carbocycles. The molecule has 3 unspecified atom stereocenters. The van der Waals surface area contributed by atoms with Crippen molar-refractivity contribution in [2.24, 2.45) is 0 Å². The lowest BCUT2D eigenvalue weighted by Crippen LogP contribution is -2.37. The molecule has 4 nitrogen and oxygen atoms in total. The third-order valence-electron chi connectivity index (χ3n) is 2.83. The van der Waals surface area contributed by atoms with Crippen molar-refractivity contribution < 1.29 is 14.9 Å². The Bertz CT molecular complexity index is 368. The van der Waals surface area contributed by atoms with Gasteiger partial charge >= 0.3 is 0 Å². The van der Waals surface area contributed by atoms with Gasteiger partial charge in [-0.15, -0.1) is 0 Å². The molecule has 3 atom stereocenters. The van der Waals surface area contributed by atoms with Crippen molar-refractivity contribution in [1.29, 1.82) is 0 Å². The van der Waals surface area contributed by atoms with Gasteiger partial charge in [0.1, 0.15) is 18.5 Å². The molecule has 0 heterocycles. The molecule has 0 amide bonds. The van der Waals surface area contributed by atoms with E-state index >= 15 is 0 Å². The van der Waals surface area contributed by atoms with Crippen LogP contribution in [0.2, 0.25) is 0 Å². The van der Waals surface area contributed by atoms with Crippen molar-refractivity contribution in [2.75, 3.05) is 13.2 Å². The molecule has 3 N–H and O–H groups in total. The SMILES string of the molecule is Cc1cccc(OCC(O)CNC(C)CC(C)O)c1. The number of aliphatic hydroxyl groups excluding tert-OH is 2. The molecule has 0 aromatic heterocycles. The van der Waals surface area contributed by atoms with Crippen LogP contribution >= 0.6 is 0 Å². The first-order valence-electron chi connectivity index (χ1n) is 6.76. The molecule has 0 fully saturated rings. The average Bonchev–Trinajstić information content (AvgIpc) is 2.33. The number of ether oxygens (including phenoxy) is 1. The summed E-state index contributed by atoms with van der Waals surface area (Å²) in [6, 6.07) is 7.93. The Labute approximate surface area is 115 Å². The van der Waals surface area contributed by atoms with Gasteiger partial charge in [-0.3, -0.25) is 0 Å². The van der Waals surface area contributed by atoms with Crippen LogP contribution in [0.1, 0.15) is 25.8 Å². The monoisotopic (exact) mass is 267 g/mol. The number of rotatable bonds is 8. The molecule has 1 aromatic rings. The van der Waals surface area contributed by atoms with E-state index in [1.54, 1.807) is 6.92 Å². The summed E-state index contributed by atoms with van der Waals surface area (Å²) in [6.07, 6.45) is -0.217. The fourth-order valence-corrected chi connectivity index (χ4v) is 1.89. The second kappa shape index (κ2) is 8.15. The predicted octanol–water partition coefficient (Wildman–Crippen LogP) is 1.48. The molecule has 0 bridgehead atoms. The van der Waals surface area contributed by atoms with E-state index in [0.717, 1.165) is 11.3 Å². The van der Waals surface area contributed by atoms with E-state index in [0.29, 0.717) is 13.0 Å². The fraction of sp³-hybridized carbons (Fsp3) is 0.600. The molecule has 0 spiro atoms.